The van der Waals surface area contributed by atoms with Gasteiger partial charge in [-0.25, -0.2) is 28.1 Å². The normalized spacial score (nSPS) is 13.2. The largest absolute Gasteiger partial charge is 0.465 e. The van der Waals surface area contributed by atoms with E-state index in [-0.39, 0.29) is 23.1 Å². The molecule has 0 atom stereocenters. The number of aryl methyl sites for hydroxylation is 7. The second-order valence-corrected chi connectivity index (χ2v) is 19.3. The average molecular weight is 1050 g/mol. The number of amides is 3. The fraction of sp³-hybridized carbons (Fsp3) is 0.246. The van der Waals surface area contributed by atoms with Crippen molar-refractivity contribution in [3.05, 3.63) is 201 Å². The van der Waals surface area contributed by atoms with Crippen LogP contribution in [0.3, 0.4) is 0 Å². The van der Waals surface area contributed by atoms with Crippen LogP contribution in [0.5, 0.6) is 0 Å². The van der Waals surface area contributed by atoms with Crippen molar-refractivity contribution >= 4 is 35.2 Å². The van der Waals surface area contributed by atoms with E-state index in [9.17, 15) is 27.6 Å². The average Bonchev–Trinajstić information content (AvgIpc) is 4.27. The van der Waals surface area contributed by atoms with E-state index >= 15 is 0 Å². The van der Waals surface area contributed by atoms with Gasteiger partial charge in [-0.3, -0.25) is 24.4 Å². The number of furan rings is 3. The van der Waals surface area contributed by atoms with Gasteiger partial charge in [0.25, 0.3) is 17.7 Å². The molecule has 0 unspecified atom stereocenters. The fourth-order valence-electron chi connectivity index (χ4n) is 10.4. The van der Waals surface area contributed by atoms with Crippen molar-refractivity contribution in [3.63, 3.8) is 0 Å². The summed E-state index contributed by atoms with van der Waals surface area (Å²) in [6, 6.07) is 20.0. The number of anilines is 3. The van der Waals surface area contributed by atoms with Gasteiger partial charge < -0.3 is 29.2 Å². The lowest BCUT2D eigenvalue weighted by Gasteiger charge is -2.11. The van der Waals surface area contributed by atoms with Crippen molar-refractivity contribution < 1.29 is 40.8 Å². The number of pyridine rings is 1. The summed E-state index contributed by atoms with van der Waals surface area (Å²) in [4.78, 5) is 58.5. The predicted octanol–water partition coefficient (Wildman–Crippen LogP) is 13.5. The van der Waals surface area contributed by atoms with Gasteiger partial charge in [0, 0.05) is 70.0 Å². The summed E-state index contributed by atoms with van der Waals surface area (Å²) < 4.78 is 58.7. The number of fused-ring (bicyclic) bond motifs is 3. The van der Waals surface area contributed by atoms with Crippen LogP contribution in [0.4, 0.5) is 30.6 Å². The lowest BCUT2D eigenvalue weighted by Crippen LogP contribution is -2.16. The molecule has 3 N–H and O–H groups in total. The van der Waals surface area contributed by atoms with Crippen LogP contribution < -0.4 is 16.0 Å². The third-order valence-electron chi connectivity index (χ3n) is 14.1. The third kappa shape index (κ3) is 11.3. The zero-order chi connectivity index (χ0) is 54.5. The van der Waals surface area contributed by atoms with E-state index in [0.717, 1.165) is 144 Å². The van der Waals surface area contributed by atoms with Gasteiger partial charge >= 0.3 is 0 Å². The Labute approximate surface area is 448 Å². The zero-order valence-electron chi connectivity index (χ0n) is 43.5. The Morgan fingerprint density at radius 2 is 0.872 bits per heavy atom. The maximum Gasteiger partial charge on any atom is 0.262 e. The molecule has 3 aliphatic rings. The summed E-state index contributed by atoms with van der Waals surface area (Å²) >= 11 is 0. The second kappa shape index (κ2) is 23.1. The van der Waals surface area contributed by atoms with Crippen molar-refractivity contribution in [2.75, 3.05) is 16.0 Å². The minimum atomic E-state index is -0.913. The number of hydrogen-bond acceptors (Lipinski definition) is 11. The lowest BCUT2D eigenvalue weighted by atomic mass is 9.93. The van der Waals surface area contributed by atoms with Crippen LogP contribution in [0.15, 0.2) is 123 Å². The van der Waals surface area contributed by atoms with Gasteiger partial charge in [-0.05, 0) is 127 Å². The Morgan fingerprint density at radius 1 is 0.423 bits per heavy atom. The molecule has 0 aliphatic heterocycles. The van der Waals surface area contributed by atoms with E-state index in [1.807, 2.05) is 52.0 Å². The summed E-state index contributed by atoms with van der Waals surface area (Å²) in [7, 11) is 0. The number of hydrogen-bond donors (Lipinski definition) is 3. The van der Waals surface area contributed by atoms with Crippen LogP contribution in [0, 0.1) is 45.1 Å². The molecule has 9 aromatic rings. The number of rotatable bonds is 9. The molecule has 12 rings (SSSR count). The molecule has 3 aromatic carbocycles. The molecular weight excluding hydrogens is 998 g/mol. The number of benzene rings is 3. The van der Waals surface area contributed by atoms with E-state index in [2.05, 4.69) is 40.9 Å². The topological polar surface area (TPSA) is 191 Å². The van der Waals surface area contributed by atoms with Crippen molar-refractivity contribution in [2.45, 2.75) is 98.3 Å². The highest BCUT2D eigenvalue weighted by Gasteiger charge is 2.26. The molecule has 0 radical (unpaired) electrons. The molecule has 78 heavy (non-hydrogen) atoms. The lowest BCUT2D eigenvalue weighted by molar-refractivity contribution is 0.101. The smallest absolute Gasteiger partial charge is 0.262 e. The maximum absolute atomic E-state index is 13.7. The number of nitrogens with one attached hydrogen (secondary N) is 3. The Bertz CT molecular complexity index is 3500. The first-order valence-electron chi connectivity index (χ1n) is 25.9. The summed E-state index contributed by atoms with van der Waals surface area (Å²) in [5.74, 6) is 2.68. The molecule has 396 valence electrons. The van der Waals surface area contributed by atoms with Crippen molar-refractivity contribution in [3.8, 4) is 33.6 Å². The van der Waals surface area contributed by atoms with E-state index in [4.69, 9.17) is 13.3 Å². The second-order valence-electron chi connectivity index (χ2n) is 19.3. The van der Waals surface area contributed by atoms with Crippen LogP contribution in [0.25, 0.3) is 33.6 Å². The SMILES string of the molecule is Cc1ccccc1C(=O)Nc1cnc(-c2c(C)oc3c2CCCC3)cn1.Cc1oc2c(c1-c1ccc(NC(=O)c3c(F)cccc3F)nc1)CCC2.Cc1oc2c(c1-c1cnc(NC(=O)c3ccccc3F)cn1)CCCC2. The summed E-state index contributed by atoms with van der Waals surface area (Å²) in [5, 5.41) is 7.81. The van der Waals surface area contributed by atoms with Crippen LogP contribution >= 0.6 is 0 Å². The van der Waals surface area contributed by atoms with Crippen molar-refractivity contribution in [1.82, 2.24) is 24.9 Å². The quantitative estimate of drug-likeness (QED) is 0.125. The number of carbonyl (C=O) groups is 3. The predicted molar refractivity (Wildman–Crippen MR) is 289 cm³/mol. The number of halogens is 3. The monoisotopic (exact) mass is 1050 g/mol. The van der Waals surface area contributed by atoms with Crippen LogP contribution in [0.1, 0.15) is 120 Å². The van der Waals surface area contributed by atoms with E-state index in [0.29, 0.717) is 11.4 Å². The first-order chi connectivity index (χ1) is 37.8. The highest BCUT2D eigenvalue weighted by atomic mass is 19.1. The van der Waals surface area contributed by atoms with Gasteiger partial charge in [-0.1, -0.05) is 36.4 Å². The highest BCUT2D eigenvalue weighted by Crippen LogP contribution is 2.39. The molecule has 0 saturated heterocycles. The Morgan fingerprint density at radius 3 is 1.40 bits per heavy atom. The molecule has 17 heteroatoms. The standard InChI is InChI=1S/C21H21N3O2.C20H16F2N2O2.C20H18FN3O2/c1-13-7-3-4-8-15(13)21(25)24-19-12-22-17(11-23-19)20-14(2)26-18-10-6-5-9-16(18)20;1-11-18(13-4-2-7-16(13)26-11)12-8-9-17(23-10-12)24-20(25)19-14(21)5-3-6-15(19)22;1-12-19(14-7-3-5-9-17(14)26-12)16-10-23-18(11-22-16)24-20(25)13-6-2-4-8-15(13)21/h3-4,7-8,11-12H,5-6,9-10H2,1-2H3,(H,23,24,25);3,5-6,8-10H,2,4,7H2,1H3,(H,23,24,25);2,4,6,8,10-11H,3,5,7,9H2,1H3,(H,23,24,25). The molecule has 0 spiro atoms. The zero-order valence-corrected chi connectivity index (χ0v) is 43.5. The third-order valence-corrected chi connectivity index (χ3v) is 14.1. The number of aromatic nitrogens is 5. The molecular formula is C61H55F3N8O6. The van der Waals surface area contributed by atoms with E-state index in [1.165, 1.54) is 60.0 Å². The first kappa shape index (κ1) is 52.5. The number of nitrogens with zero attached hydrogens (tertiary/aromatic N) is 5. The van der Waals surface area contributed by atoms with E-state index in [1.54, 1.807) is 43.0 Å². The molecule has 0 saturated carbocycles. The number of carbonyl (C=O) groups excluding carboxylic acids is 3. The molecule has 6 heterocycles. The molecule has 3 amide bonds. The first-order valence-corrected chi connectivity index (χ1v) is 25.9. The Balaban J connectivity index is 0.000000132. The Hall–Kier alpha value is -8.99. The summed E-state index contributed by atoms with van der Waals surface area (Å²) in [6.45, 7) is 7.74. The summed E-state index contributed by atoms with van der Waals surface area (Å²) in [5.41, 5.74) is 10.1. The van der Waals surface area contributed by atoms with Gasteiger partial charge in [0.2, 0.25) is 0 Å². The van der Waals surface area contributed by atoms with Crippen molar-refractivity contribution in [1.29, 1.82) is 0 Å². The molecule has 3 aliphatic carbocycles. The molecule has 6 aromatic heterocycles. The van der Waals surface area contributed by atoms with Gasteiger partial charge in [0.05, 0.1) is 41.7 Å². The van der Waals surface area contributed by atoms with Gasteiger partial charge in [-0.15, -0.1) is 0 Å². The highest BCUT2D eigenvalue weighted by molar-refractivity contribution is 6.05. The maximum atomic E-state index is 13.7. The van der Waals surface area contributed by atoms with Gasteiger partial charge in [0.15, 0.2) is 11.6 Å². The summed E-state index contributed by atoms with van der Waals surface area (Å²) in [6.07, 6.45) is 19.6. The minimum Gasteiger partial charge on any atom is -0.465 e. The van der Waals surface area contributed by atoms with Crippen molar-refractivity contribution in [2.24, 2.45) is 0 Å². The fourth-order valence-corrected chi connectivity index (χ4v) is 10.4. The van der Waals surface area contributed by atoms with Gasteiger partial charge in [-0.2, -0.15) is 0 Å². The van der Waals surface area contributed by atoms with E-state index < -0.39 is 34.8 Å². The minimum absolute atomic E-state index is 0.0295. The molecule has 0 fully saturated rings. The van der Waals surface area contributed by atoms with Crippen LogP contribution in [-0.2, 0) is 38.5 Å². The van der Waals surface area contributed by atoms with Crippen LogP contribution in [0.2, 0.25) is 0 Å². The molecule has 14 nitrogen and oxygen atoms in total. The molecule has 0 bridgehead atoms. The van der Waals surface area contributed by atoms with Gasteiger partial charge in [0.1, 0.15) is 63.4 Å². The van der Waals surface area contributed by atoms with Crippen LogP contribution in [-0.4, -0.2) is 42.6 Å². The Kier molecular flexibility index (Phi) is 15.5.